The van der Waals surface area contributed by atoms with Crippen LogP contribution in [0, 0.1) is 17.8 Å². The fraction of sp³-hybridized carbons (Fsp3) is 0.708. The zero-order valence-corrected chi connectivity index (χ0v) is 23.1. The largest absolute Gasteiger partial charge is 0.380 e. The molecule has 11 nitrogen and oxygen atoms in total. The second-order valence-electron chi connectivity index (χ2n) is 11.0. The quantitative estimate of drug-likeness (QED) is 0.369. The first kappa shape index (κ1) is 28.2. The van der Waals surface area contributed by atoms with E-state index in [2.05, 4.69) is 23.9 Å². The van der Waals surface area contributed by atoms with Gasteiger partial charge in [-0.25, -0.2) is 9.86 Å². The van der Waals surface area contributed by atoms with Crippen molar-refractivity contribution >= 4 is 26.4 Å². The molecule has 4 rings (SSSR count). The van der Waals surface area contributed by atoms with Gasteiger partial charge in [-0.1, -0.05) is 19.9 Å². The van der Waals surface area contributed by atoms with Crippen molar-refractivity contribution < 1.29 is 25.8 Å². The van der Waals surface area contributed by atoms with Gasteiger partial charge in [-0.3, -0.25) is 4.79 Å². The van der Waals surface area contributed by atoms with E-state index in [0.717, 1.165) is 36.8 Å². The zero-order chi connectivity index (χ0) is 27.0. The van der Waals surface area contributed by atoms with Crippen LogP contribution in [0.1, 0.15) is 69.5 Å². The molecule has 2 aliphatic heterocycles. The van der Waals surface area contributed by atoms with Crippen molar-refractivity contribution in [2.75, 3.05) is 26.2 Å². The molecular weight excluding hydrogens is 518 g/mol. The Morgan fingerprint density at radius 1 is 1.11 bits per heavy atom. The van der Waals surface area contributed by atoms with Crippen LogP contribution in [0.5, 0.6) is 5.75 Å². The van der Waals surface area contributed by atoms with Gasteiger partial charge in [0.05, 0.1) is 11.5 Å². The second-order valence-corrected chi connectivity index (χ2v) is 13.5. The summed E-state index contributed by atoms with van der Waals surface area (Å²) in [6.07, 6.45) is 5.06. The predicted octanol–water partition coefficient (Wildman–Crippen LogP) is 1.03. The molecule has 1 unspecified atom stereocenters. The molecule has 1 aromatic rings. The van der Waals surface area contributed by atoms with E-state index in [4.69, 9.17) is 14.5 Å². The Bertz CT molecular complexity index is 1210. The Labute approximate surface area is 220 Å². The first-order chi connectivity index (χ1) is 17.3. The van der Waals surface area contributed by atoms with E-state index in [9.17, 15) is 21.6 Å². The van der Waals surface area contributed by atoms with Crippen molar-refractivity contribution in [1.29, 1.82) is 0 Å². The molecule has 13 heteroatoms. The van der Waals surface area contributed by atoms with Crippen molar-refractivity contribution in [3.63, 3.8) is 0 Å². The number of rotatable bonds is 8. The summed E-state index contributed by atoms with van der Waals surface area (Å²) in [5.74, 6) is 1.40. The first-order valence-electron chi connectivity index (χ1n) is 13.0. The van der Waals surface area contributed by atoms with Crippen molar-refractivity contribution in [3.05, 3.63) is 29.3 Å². The highest BCUT2D eigenvalue weighted by molar-refractivity contribution is 7.87. The van der Waals surface area contributed by atoms with Gasteiger partial charge >= 0.3 is 10.3 Å². The minimum atomic E-state index is -4.23. The summed E-state index contributed by atoms with van der Waals surface area (Å²) in [6, 6.07) is 4.73. The van der Waals surface area contributed by atoms with Gasteiger partial charge in [0.1, 0.15) is 5.75 Å². The summed E-state index contributed by atoms with van der Waals surface area (Å²) in [5, 5.41) is 13.6. The van der Waals surface area contributed by atoms with Gasteiger partial charge < -0.3 is 14.4 Å². The van der Waals surface area contributed by atoms with Crippen LogP contribution in [0.25, 0.3) is 0 Å². The summed E-state index contributed by atoms with van der Waals surface area (Å²) >= 11 is 0. The number of nitrogens with zero attached hydrogens (tertiary/aromatic N) is 1. The van der Waals surface area contributed by atoms with E-state index in [1.165, 1.54) is 0 Å². The normalized spacial score (nSPS) is 26.4. The van der Waals surface area contributed by atoms with E-state index in [-0.39, 0.29) is 36.7 Å². The highest BCUT2D eigenvalue weighted by Gasteiger charge is 2.52. The number of fused-ring (bicyclic) bond motifs is 2. The number of nitrogens with one attached hydrogen (secondary N) is 2. The second kappa shape index (κ2) is 10.8. The molecule has 1 aliphatic carbocycles. The van der Waals surface area contributed by atoms with Crippen LogP contribution in [-0.2, 0) is 30.7 Å². The number of benzene rings is 1. The number of hydrogen-bond acceptors (Lipinski definition) is 7. The average molecular weight is 558 g/mol. The summed E-state index contributed by atoms with van der Waals surface area (Å²) < 4.78 is 53.9. The maximum absolute atomic E-state index is 14.3. The lowest BCUT2D eigenvalue weighted by Gasteiger charge is -2.52. The molecule has 37 heavy (non-hydrogen) atoms. The Hall–Kier alpha value is -1.77. The van der Waals surface area contributed by atoms with Gasteiger partial charge in [-0.15, -0.1) is 0 Å². The standard InChI is InChI=1S/C24H39N5O6S2/c1-16(2)17-3-5-18(6-4-17)22-20-15-19(35-37(26,33)34)7-8-21(20)24(9-11-27-12-10-24)23(30)29(22)14-13-28-36(25,31)32/h7-8,15-18,22,27-28H,3-6,9-14H2,1-2H3,(H2,25,31,32)(H2,26,33,34). The molecule has 208 valence electrons. The lowest BCUT2D eigenvalue weighted by molar-refractivity contribution is -0.145. The summed E-state index contributed by atoms with van der Waals surface area (Å²) in [4.78, 5) is 16.1. The molecule has 1 amide bonds. The number of carbonyl (C=O) groups is 1. The molecule has 0 bridgehead atoms. The molecule has 1 spiro atoms. The number of piperidine rings is 1. The van der Waals surface area contributed by atoms with Crippen LogP contribution in [0.2, 0.25) is 0 Å². The smallest absolute Gasteiger partial charge is 0.371 e. The fourth-order valence-electron chi connectivity index (χ4n) is 6.61. The van der Waals surface area contributed by atoms with E-state index in [1.54, 1.807) is 17.0 Å². The van der Waals surface area contributed by atoms with Crippen LogP contribution in [0.4, 0.5) is 0 Å². The Morgan fingerprint density at radius 3 is 2.32 bits per heavy atom. The minimum Gasteiger partial charge on any atom is -0.371 e. The van der Waals surface area contributed by atoms with Crippen LogP contribution in [0.15, 0.2) is 18.2 Å². The Kier molecular flexibility index (Phi) is 8.22. The topological polar surface area (TPSA) is 174 Å². The third-order valence-electron chi connectivity index (χ3n) is 8.39. The van der Waals surface area contributed by atoms with Crippen LogP contribution in [0.3, 0.4) is 0 Å². The molecule has 1 atom stereocenters. The van der Waals surface area contributed by atoms with Crippen molar-refractivity contribution in [2.24, 2.45) is 28.0 Å². The average Bonchev–Trinajstić information content (AvgIpc) is 2.81. The molecule has 6 N–H and O–H groups in total. The zero-order valence-electron chi connectivity index (χ0n) is 21.5. The van der Waals surface area contributed by atoms with Gasteiger partial charge in [0.15, 0.2) is 0 Å². The SMILES string of the molecule is CC(C)C1CCC(C2c3cc(OS(N)(=O)=O)ccc3C3(CCNCC3)C(=O)N2CCNS(N)(=O)=O)CC1. The fourth-order valence-corrected chi connectivity index (χ4v) is 7.36. The molecule has 3 aliphatic rings. The van der Waals surface area contributed by atoms with E-state index >= 15 is 0 Å². The predicted molar refractivity (Wildman–Crippen MR) is 140 cm³/mol. The first-order valence-corrected chi connectivity index (χ1v) is 16.0. The maximum Gasteiger partial charge on any atom is 0.380 e. The number of amides is 1. The Morgan fingerprint density at radius 2 is 1.76 bits per heavy atom. The van der Waals surface area contributed by atoms with Gasteiger partial charge in [0, 0.05) is 13.1 Å². The van der Waals surface area contributed by atoms with Gasteiger partial charge in [-0.2, -0.15) is 22.0 Å². The van der Waals surface area contributed by atoms with Crippen molar-refractivity contribution in [2.45, 2.75) is 63.8 Å². The summed E-state index contributed by atoms with van der Waals surface area (Å²) in [5.41, 5.74) is 0.965. The van der Waals surface area contributed by atoms with E-state index in [1.807, 2.05) is 6.07 Å². The monoisotopic (exact) mass is 557 g/mol. The number of nitrogens with two attached hydrogens (primary N) is 2. The highest BCUT2D eigenvalue weighted by Crippen LogP contribution is 2.51. The lowest BCUT2D eigenvalue weighted by atomic mass is 9.63. The lowest BCUT2D eigenvalue weighted by Crippen LogP contribution is -2.59. The maximum atomic E-state index is 14.3. The molecule has 0 aromatic heterocycles. The number of carbonyl (C=O) groups excluding carboxylic acids is 1. The highest BCUT2D eigenvalue weighted by atomic mass is 32.2. The Balaban J connectivity index is 1.80. The van der Waals surface area contributed by atoms with Crippen molar-refractivity contribution in [3.8, 4) is 5.75 Å². The summed E-state index contributed by atoms with van der Waals surface area (Å²) in [6.45, 7) is 5.92. The van der Waals surface area contributed by atoms with Crippen LogP contribution in [-0.4, -0.2) is 53.8 Å². The van der Waals surface area contributed by atoms with Gasteiger partial charge in [-0.05, 0) is 92.6 Å². The van der Waals surface area contributed by atoms with Crippen LogP contribution >= 0.6 is 0 Å². The summed E-state index contributed by atoms with van der Waals surface area (Å²) in [7, 11) is -8.15. The third-order valence-corrected chi connectivity index (χ3v) is 9.43. The molecular formula is C24H39N5O6S2. The molecule has 1 aromatic carbocycles. The molecule has 1 saturated carbocycles. The van der Waals surface area contributed by atoms with Crippen LogP contribution < -0.4 is 24.5 Å². The van der Waals surface area contributed by atoms with Gasteiger partial charge in [0.25, 0.3) is 10.2 Å². The van der Waals surface area contributed by atoms with E-state index in [0.29, 0.717) is 37.8 Å². The molecule has 1 saturated heterocycles. The molecule has 2 heterocycles. The third kappa shape index (κ3) is 6.28. The molecule has 0 radical (unpaired) electrons. The van der Waals surface area contributed by atoms with Gasteiger partial charge in [0.2, 0.25) is 5.91 Å². The molecule has 2 fully saturated rings. The van der Waals surface area contributed by atoms with E-state index < -0.39 is 25.9 Å². The number of hydrogen-bond donors (Lipinski definition) is 4. The minimum absolute atomic E-state index is 0.0144. The van der Waals surface area contributed by atoms with Crippen molar-refractivity contribution in [1.82, 2.24) is 14.9 Å².